The lowest BCUT2D eigenvalue weighted by atomic mass is 10.0. The molecule has 1 saturated heterocycles. The van der Waals surface area contributed by atoms with Gasteiger partial charge in [-0.15, -0.1) is 0 Å². The Morgan fingerprint density at radius 1 is 0.974 bits per heavy atom. The molecule has 0 spiro atoms. The van der Waals surface area contributed by atoms with Crippen molar-refractivity contribution in [3.63, 3.8) is 0 Å². The normalized spacial score (nSPS) is 19.3. The van der Waals surface area contributed by atoms with Crippen LogP contribution in [0.15, 0.2) is 12.0 Å². The first-order valence-corrected chi connectivity index (χ1v) is 16.5. The maximum absolute atomic E-state index is 12.5. The Labute approximate surface area is 232 Å². The van der Waals surface area contributed by atoms with E-state index in [0.717, 1.165) is 37.9 Å². The van der Waals surface area contributed by atoms with E-state index in [0.29, 0.717) is 11.1 Å². The number of carbonyl (C=O) groups is 1. The van der Waals surface area contributed by atoms with Crippen LogP contribution >= 0.6 is 7.82 Å². The molecule has 1 aliphatic heterocycles. The lowest BCUT2D eigenvalue weighted by Crippen LogP contribution is -2.35. The fourth-order valence-corrected chi connectivity index (χ4v) is 5.67. The highest BCUT2D eigenvalue weighted by Crippen LogP contribution is 2.46. The third-order valence-electron chi connectivity index (χ3n) is 7.31. The predicted octanol–water partition coefficient (Wildman–Crippen LogP) is 7.65. The van der Waals surface area contributed by atoms with Crippen molar-refractivity contribution in [2.45, 2.75) is 136 Å². The molecule has 1 fully saturated rings. The van der Waals surface area contributed by atoms with E-state index >= 15 is 0 Å². The number of likely N-dealkylation sites (tertiary alicyclic amines) is 1. The first-order valence-electron chi connectivity index (χ1n) is 15.0. The first-order chi connectivity index (χ1) is 18.1. The number of ether oxygens (including phenoxy) is 2. The van der Waals surface area contributed by atoms with Gasteiger partial charge in [-0.1, -0.05) is 90.4 Å². The van der Waals surface area contributed by atoms with Crippen LogP contribution in [0.1, 0.15) is 124 Å². The van der Waals surface area contributed by atoms with Crippen LogP contribution in [0.2, 0.25) is 0 Å². The highest BCUT2D eigenvalue weighted by atomic mass is 31.2. The Bertz CT molecular complexity index is 713. The van der Waals surface area contributed by atoms with Crippen LogP contribution in [0, 0.1) is 0 Å². The minimum atomic E-state index is -4.36. The maximum atomic E-state index is 12.5. The molecule has 0 aliphatic carbocycles. The smallest absolute Gasteiger partial charge is 0.457 e. The van der Waals surface area contributed by atoms with Gasteiger partial charge in [0.05, 0.1) is 27.2 Å². The molecule has 0 aromatic rings. The van der Waals surface area contributed by atoms with E-state index in [9.17, 15) is 14.3 Å². The second-order valence-electron chi connectivity index (χ2n) is 11.3. The number of allylic oxidation sites excluding steroid dienone is 1. The van der Waals surface area contributed by atoms with Crippen LogP contribution in [-0.4, -0.2) is 61.4 Å². The summed E-state index contributed by atoms with van der Waals surface area (Å²) in [5.41, 5.74) is 0.934. The monoisotopic (exact) mass is 562 g/mol. The van der Waals surface area contributed by atoms with E-state index in [-0.39, 0.29) is 6.61 Å². The van der Waals surface area contributed by atoms with Crippen LogP contribution in [0.25, 0.3) is 0 Å². The fourth-order valence-electron chi connectivity index (χ4n) is 4.81. The van der Waals surface area contributed by atoms with E-state index < -0.39 is 26.0 Å². The fraction of sp³-hybridized carbons (Fsp3) is 0.897. The zero-order valence-electron chi connectivity index (χ0n) is 25.0. The molecule has 1 rings (SSSR count). The lowest BCUT2D eigenvalue weighted by Gasteiger charge is -2.26. The van der Waals surface area contributed by atoms with Gasteiger partial charge in [0, 0.05) is 26.4 Å². The Hall–Kier alpha value is -0.920. The molecule has 1 N–H and O–H groups in total. The number of esters is 1. The van der Waals surface area contributed by atoms with Crippen molar-refractivity contribution in [3.8, 4) is 0 Å². The van der Waals surface area contributed by atoms with Gasteiger partial charge < -0.3 is 14.0 Å². The number of phosphoric ester groups is 1. The minimum Gasteiger partial charge on any atom is -0.457 e. The molecule has 8 nitrogen and oxygen atoms in total. The van der Waals surface area contributed by atoms with E-state index in [1.54, 1.807) is 6.92 Å². The van der Waals surface area contributed by atoms with Crippen molar-refractivity contribution < 1.29 is 37.3 Å². The molecule has 9 heteroatoms. The molecule has 3 atom stereocenters. The van der Waals surface area contributed by atoms with Gasteiger partial charge in [-0.3, -0.25) is 18.7 Å². The van der Waals surface area contributed by atoms with Crippen molar-refractivity contribution in [3.05, 3.63) is 12.0 Å². The Balaban J connectivity index is 2.18. The van der Waals surface area contributed by atoms with Crippen LogP contribution in [0.4, 0.5) is 0 Å². The quantitative estimate of drug-likeness (QED) is 0.0450. The molecule has 0 aromatic carbocycles. The van der Waals surface area contributed by atoms with E-state index in [1.165, 1.54) is 90.2 Å². The third-order valence-corrected chi connectivity index (χ3v) is 8.29. The molecule has 224 valence electrons. The summed E-state index contributed by atoms with van der Waals surface area (Å²) in [7, 11) is -0.308. The average Bonchev–Trinajstić information content (AvgIpc) is 3.19. The summed E-state index contributed by atoms with van der Waals surface area (Å²) in [6.45, 7) is 6.75. The number of hydrogen-bond acceptors (Lipinski definition) is 6. The van der Waals surface area contributed by atoms with Crippen LogP contribution < -0.4 is 0 Å². The Morgan fingerprint density at radius 2 is 1.50 bits per heavy atom. The van der Waals surface area contributed by atoms with Crippen LogP contribution in [-0.2, 0) is 27.9 Å². The predicted molar refractivity (Wildman–Crippen MR) is 152 cm³/mol. The molecule has 0 radical (unpaired) electrons. The molecule has 1 aliphatic rings. The summed E-state index contributed by atoms with van der Waals surface area (Å²) in [6.07, 6.45) is 19.6. The minimum absolute atomic E-state index is 0.101. The molecule has 1 heterocycles. The second-order valence-corrected chi connectivity index (χ2v) is 12.7. The van der Waals surface area contributed by atoms with Crippen molar-refractivity contribution in [1.82, 2.24) is 0 Å². The maximum Gasteiger partial charge on any atom is 0.527 e. The van der Waals surface area contributed by atoms with Gasteiger partial charge in [0.2, 0.25) is 0 Å². The summed E-state index contributed by atoms with van der Waals surface area (Å²) >= 11 is 0. The van der Waals surface area contributed by atoms with Gasteiger partial charge in [0.15, 0.2) is 12.4 Å². The first kappa shape index (κ1) is 35.1. The third kappa shape index (κ3) is 16.9. The van der Waals surface area contributed by atoms with Crippen molar-refractivity contribution in [1.29, 1.82) is 0 Å². The number of rotatable bonds is 23. The topological polar surface area (TPSA) is 91.3 Å². The van der Waals surface area contributed by atoms with Crippen LogP contribution in [0.5, 0.6) is 0 Å². The van der Waals surface area contributed by atoms with E-state index in [1.807, 2.05) is 14.1 Å². The van der Waals surface area contributed by atoms with Gasteiger partial charge in [-0.2, -0.15) is 0 Å². The Morgan fingerprint density at radius 3 is 1.97 bits per heavy atom. The molecule has 0 bridgehead atoms. The summed E-state index contributed by atoms with van der Waals surface area (Å²) in [4.78, 5) is 21.7. The zero-order valence-corrected chi connectivity index (χ0v) is 25.9. The molecular formula is C29H57NO7P+. The largest absolute Gasteiger partial charge is 0.527 e. The van der Waals surface area contributed by atoms with Gasteiger partial charge in [0.1, 0.15) is 11.8 Å². The highest BCUT2D eigenvalue weighted by Gasteiger charge is 2.34. The van der Waals surface area contributed by atoms with E-state index in [2.05, 4.69) is 6.92 Å². The molecule has 0 saturated carbocycles. The lowest BCUT2D eigenvalue weighted by molar-refractivity contribution is -0.843. The Kier molecular flexibility index (Phi) is 18.5. The van der Waals surface area contributed by atoms with Crippen molar-refractivity contribution >= 4 is 13.8 Å². The van der Waals surface area contributed by atoms with Gasteiger partial charge in [-0.25, -0.2) is 4.57 Å². The molecule has 0 aromatic heterocycles. The molecular weight excluding hydrogens is 505 g/mol. The van der Waals surface area contributed by atoms with Crippen LogP contribution in [0.3, 0.4) is 0 Å². The SMILES string of the molecule is CCCCCCCCCCCCCCCCOCC(OC(C)=O)C(C)OP(=O)(O)OC=C1CCC[N+]1(C)C. The summed E-state index contributed by atoms with van der Waals surface area (Å²) in [5.74, 6) is -0.494. The number of phosphoric acid groups is 1. The van der Waals surface area contributed by atoms with Gasteiger partial charge >= 0.3 is 13.8 Å². The van der Waals surface area contributed by atoms with Crippen molar-refractivity contribution in [2.75, 3.05) is 33.9 Å². The second kappa shape index (κ2) is 20.0. The molecule has 0 amide bonds. The summed E-state index contributed by atoms with van der Waals surface area (Å²) in [6, 6.07) is 0. The summed E-state index contributed by atoms with van der Waals surface area (Å²) < 4.78 is 34.6. The number of nitrogens with zero attached hydrogens (tertiary/aromatic N) is 1. The highest BCUT2D eigenvalue weighted by molar-refractivity contribution is 7.47. The van der Waals surface area contributed by atoms with Crippen molar-refractivity contribution in [2.24, 2.45) is 0 Å². The number of carbonyl (C=O) groups excluding carboxylic acids is 1. The zero-order chi connectivity index (χ0) is 28.3. The molecule has 38 heavy (non-hydrogen) atoms. The standard InChI is InChI=1S/C29H56NO7P/c1-6-7-8-9-10-11-12-13-14-15-16-17-18-19-23-34-25-29(36-27(3)31)26(2)37-38(32,33)35-24-28-21-20-22-30(28,4)5/h24,26,29H,6-23,25H2,1-5H3/p+1. The number of quaternary nitrogens is 1. The molecule has 3 unspecified atom stereocenters. The van der Waals surface area contributed by atoms with E-state index in [4.69, 9.17) is 18.5 Å². The number of unbranched alkanes of at least 4 members (excludes halogenated alkanes) is 13. The van der Waals surface area contributed by atoms with Gasteiger partial charge in [0.25, 0.3) is 0 Å². The van der Waals surface area contributed by atoms with Gasteiger partial charge in [-0.05, 0) is 13.3 Å². The summed E-state index contributed by atoms with van der Waals surface area (Å²) in [5, 5.41) is 0. The average molecular weight is 563 g/mol. The number of hydrogen-bond donors (Lipinski definition) is 1.